The first kappa shape index (κ1) is 20.1. The molecule has 0 unspecified atom stereocenters. The van der Waals surface area contributed by atoms with Crippen LogP contribution in [0.15, 0.2) is 29.6 Å². The molecule has 0 saturated heterocycles. The van der Waals surface area contributed by atoms with Gasteiger partial charge in [0.2, 0.25) is 11.7 Å². The predicted molar refractivity (Wildman–Crippen MR) is 102 cm³/mol. The van der Waals surface area contributed by atoms with Crippen LogP contribution in [0.25, 0.3) is 5.76 Å². The van der Waals surface area contributed by atoms with Crippen molar-refractivity contribution in [2.45, 2.75) is 20.0 Å². The fourth-order valence-electron chi connectivity index (χ4n) is 2.88. The van der Waals surface area contributed by atoms with Gasteiger partial charge in [-0.2, -0.15) is 0 Å². The maximum absolute atomic E-state index is 13.6. The van der Waals surface area contributed by atoms with E-state index in [2.05, 4.69) is 16.9 Å². The standard InChI is InChI=1S/C19H19FN4O5/c1-10-17-22-15(16(26)19(28)24(17)6-7-29-10)18(27)21-9-12-4-5-13(20)8-14(12)23(3)11(2)25/h4-5,8,26H,1,6-7,9H2,2-3H3,(H,21,27). The summed E-state index contributed by atoms with van der Waals surface area (Å²) in [5, 5.41) is 12.6. The number of hydrogen-bond donors (Lipinski definition) is 2. The van der Waals surface area contributed by atoms with Crippen molar-refractivity contribution >= 4 is 23.3 Å². The summed E-state index contributed by atoms with van der Waals surface area (Å²) in [4.78, 5) is 41.8. The van der Waals surface area contributed by atoms with Crippen LogP contribution in [0, 0.1) is 5.82 Å². The van der Waals surface area contributed by atoms with Crippen LogP contribution in [-0.4, -0.2) is 40.1 Å². The van der Waals surface area contributed by atoms with Crippen LogP contribution >= 0.6 is 0 Å². The van der Waals surface area contributed by atoms with Gasteiger partial charge in [-0.25, -0.2) is 9.37 Å². The molecule has 0 bridgehead atoms. The van der Waals surface area contributed by atoms with E-state index in [9.17, 15) is 23.9 Å². The van der Waals surface area contributed by atoms with Crippen molar-refractivity contribution in [3.63, 3.8) is 0 Å². The van der Waals surface area contributed by atoms with Crippen LogP contribution in [0.1, 0.15) is 28.8 Å². The van der Waals surface area contributed by atoms with E-state index >= 15 is 0 Å². The average Bonchev–Trinajstić information content (AvgIpc) is 2.69. The maximum atomic E-state index is 13.6. The number of nitrogens with zero attached hydrogens (tertiary/aromatic N) is 3. The average molecular weight is 402 g/mol. The highest BCUT2D eigenvalue weighted by Gasteiger charge is 2.25. The van der Waals surface area contributed by atoms with Crippen molar-refractivity contribution in [3.8, 4) is 5.75 Å². The zero-order valence-electron chi connectivity index (χ0n) is 15.9. The van der Waals surface area contributed by atoms with Crippen molar-refractivity contribution in [2.75, 3.05) is 18.6 Å². The smallest absolute Gasteiger partial charge is 0.297 e. The van der Waals surface area contributed by atoms with Crippen molar-refractivity contribution in [3.05, 3.63) is 58.0 Å². The molecule has 0 saturated carbocycles. The molecule has 0 atom stereocenters. The molecule has 1 aromatic carbocycles. The number of amides is 2. The van der Waals surface area contributed by atoms with Crippen LogP contribution in [0.3, 0.4) is 0 Å². The van der Waals surface area contributed by atoms with Gasteiger partial charge in [0.1, 0.15) is 12.4 Å². The van der Waals surface area contributed by atoms with Gasteiger partial charge in [0, 0.05) is 20.5 Å². The summed E-state index contributed by atoms with van der Waals surface area (Å²) in [5.41, 5.74) is -0.512. The first-order valence-corrected chi connectivity index (χ1v) is 8.67. The molecular formula is C19H19FN4O5. The van der Waals surface area contributed by atoms with Crippen molar-refractivity contribution in [1.29, 1.82) is 0 Å². The van der Waals surface area contributed by atoms with E-state index in [-0.39, 0.29) is 42.9 Å². The summed E-state index contributed by atoms with van der Waals surface area (Å²) < 4.78 is 20.0. The Kier molecular flexibility index (Phi) is 5.35. The van der Waals surface area contributed by atoms with Gasteiger partial charge in [0.25, 0.3) is 11.5 Å². The molecule has 0 radical (unpaired) electrons. The number of benzene rings is 1. The normalized spacial score (nSPS) is 12.7. The number of carbonyl (C=O) groups excluding carboxylic acids is 2. The minimum absolute atomic E-state index is 0.0583. The first-order valence-electron chi connectivity index (χ1n) is 8.67. The SMILES string of the molecule is C=C1OCCn2c1nc(C(=O)NCc1ccc(F)cc1N(C)C(C)=O)c(O)c2=O. The largest absolute Gasteiger partial charge is 0.501 e. The third-order valence-electron chi connectivity index (χ3n) is 4.52. The van der Waals surface area contributed by atoms with Gasteiger partial charge in [-0.1, -0.05) is 12.6 Å². The van der Waals surface area contributed by atoms with Gasteiger partial charge >= 0.3 is 0 Å². The Hall–Kier alpha value is -3.69. The highest BCUT2D eigenvalue weighted by molar-refractivity contribution is 5.95. The fourth-order valence-corrected chi connectivity index (χ4v) is 2.88. The Morgan fingerprint density at radius 1 is 1.45 bits per heavy atom. The first-order chi connectivity index (χ1) is 13.7. The van der Waals surface area contributed by atoms with Crippen LogP contribution < -0.4 is 15.8 Å². The molecule has 2 N–H and O–H groups in total. The number of hydrogen-bond acceptors (Lipinski definition) is 6. The molecule has 2 amide bonds. The summed E-state index contributed by atoms with van der Waals surface area (Å²) in [7, 11) is 1.48. The molecule has 152 valence electrons. The molecule has 0 fully saturated rings. The summed E-state index contributed by atoms with van der Waals surface area (Å²) in [6.07, 6.45) is 0. The number of rotatable bonds is 4. The maximum Gasteiger partial charge on any atom is 0.297 e. The van der Waals surface area contributed by atoms with E-state index < -0.39 is 28.7 Å². The van der Waals surface area contributed by atoms with Gasteiger partial charge < -0.3 is 20.1 Å². The highest BCUT2D eigenvalue weighted by Crippen LogP contribution is 2.22. The monoisotopic (exact) mass is 402 g/mol. The molecule has 9 nitrogen and oxygen atoms in total. The highest BCUT2D eigenvalue weighted by atomic mass is 19.1. The number of halogens is 1. The topological polar surface area (TPSA) is 114 Å². The molecule has 10 heteroatoms. The fraction of sp³-hybridized carbons (Fsp3) is 0.263. The van der Waals surface area contributed by atoms with Crippen LogP contribution in [0.2, 0.25) is 0 Å². The number of carbonyl (C=O) groups is 2. The van der Waals surface area contributed by atoms with E-state index in [4.69, 9.17) is 4.74 Å². The quantitative estimate of drug-likeness (QED) is 0.789. The van der Waals surface area contributed by atoms with Crippen LogP contribution in [0.4, 0.5) is 10.1 Å². The van der Waals surface area contributed by atoms with E-state index in [0.717, 1.165) is 0 Å². The summed E-state index contributed by atoms with van der Waals surface area (Å²) in [5.74, 6) is -2.29. The van der Waals surface area contributed by atoms with Gasteiger partial charge in [-0.15, -0.1) is 0 Å². The number of aromatic nitrogens is 2. The number of nitrogens with one attached hydrogen (secondary N) is 1. The molecule has 2 aromatic rings. The summed E-state index contributed by atoms with van der Waals surface area (Å²) >= 11 is 0. The zero-order chi connectivity index (χ0) is 21.3. The van der Waals surface area contributed by atoms with Gasteiger partial charge in [0.15, 0.2) is 17.3 Å². The van der Waals surface area contributed by atoms with Gasteiger partial charge in [-0.05, 0) is 17.7 Å². The molecule has 1 aliphatic heterocycles. The second kappa shape index (κ2) is 7.74. The lowest BCUT2D eigenvalue weighted by Gasteiger charge is -2.21. The minimum Gasteiger partial charge on any atom is -0.501 e. The predicted octanol–water partition coefficient (Wildman–Crippen LogP) is 1.00. The molecule has 2 heterocycles. The molecule has 29 heavy (non-hydrogen) atoms. The van der Waals surface area contributed by atoms with Gasteiger partial charge in [-0.3, -0.25) is 19.0 Å². The second-order valence-corrected chi connectivity index (χ2v) is 6.39. The molecule has 1 aliphatic rings. The second-order valence-electron chi connectivity index (χ2n) is 6.39. The molecule has 0 spiro atoms. The van der Waals surface area contributed by atoms with Crippen molar-refractivity contribution in [2.24, 2.45) is 0 Å². The lowest BCUT2D eigenvalue weighted by molar-refractivity contribution is -0.116. The van der Waals surface area contributed by atoms with Crippen molar-refractivity contribution in [1.82, 2.24) is 14.9 Å². The van der Waals surface area contributed by atoms with E-state index in [1.165, 1.54) is 41.6 Å². The molecule has 0 aliphatic carbocycles. The number of fused-ring (bicyclic) bond motifs is 1. The lowest BCUT2D eigenvalue weighted by atomic mass is 10.1. The lowest BCUT2D eigenvalue weighted by Crippen LogP contribution is -2.34. The molecular weight excluding hydrogens is 383 g/mol. The van der Waals surface area contributed by atoms with Crippen LogP contribution in [-0.2, 0) is 22.6 Å². The zero-order valence-corrected chi connectivity index (χ0v) is 15.9. The Morgan fingerprint density at radius 2 is 2.17 bits per heavy atom. The van der Waals surface area contributed by atoms with E-state index in [1.807, 2.05) is 0 Å². The number of anilines is 1. The Morgan fingerprint density at radius 3 is 2.86 bits per heavy atom. The number of ether oxygens (including phenoxy) is 1. The molecule has 3 rings (SSSR count). The van der Waals surface area contributed by atoms with Gasteiger partial charge in [0.05, 0.1) is 12.2 Å². The minimum atomic E-state index is -0.817. The van der Waals surface area contributed by atoms with E-state index in [1.54, 1.807) is 0 Å². The Labute approximate surface area is 165 Å². The number of aromatic hydroxyl groups is 1. The Balaban J connectivity index is 1.89. The van der Waals surface area contributed by atoms with Crippen LogP contribution in [0.5, 0.6) is 5.75 Å². The third-order valence-corrected chi connectivity index (χ3v) is 4.52. The third kappa shape index (κ3) is 3.82. The Bertz CT molecular complexity index is 1080. The molecule has 1 aromatic heterocycles. The summed E-state index contributed by atoms with van der Waals surface area (Å²) in [6, 6.07) is 3.79. The van der Waals surface area contributed by atoms with E-state index in [0.29, 0.717) is 5.56 Å². The van der Waals surface area contributed by atoms with Crippen molar-refractivity contribution < 1.29 is 23.8 Å². The summed E-state index contributed by atoms with van der Waals surface area (Å²) in [6.45, 7) is 5.25.